The summed E-state index contributed by atoms with van der Waals surface area (Å²) in [5.41, 5.74) is 9.35. The Balaban J connectivity index is 1.63. The number of nitrogen functional groups attached to an aromatic ring is 1. The Bertz CT molecular complexity index is 1090. The summed E-state index contributed by atoms with van der Waals surface area (Å²) in [5.74, 6) is 5.75. The van der Waals surface area contributed by atoms with E-state index in [-0.39, 0.29) is 5.82 Å². The second kappa shape index (κ2) is 7.41. The van der Waals surface area contributed by atoms with Crippen LogP contribution in [-0.2, 0) is 4.74 Å². The van der Waals surface area contributed by atoms with Crippen molar-refractivity contribution in [1.82, 2.24) is 10.3 Å². The number of halogens is 1. The van der Waals surface area contributed by atoms with Crippen molar-refractivity contribution in [2.75, 3.05) is 5.73 Å². The standard InChI is InChI=1S/C22H16FN3O2/c23-18-8-6-16(7-9-18)21-20(26-22(27)28-21)17-10-15(12-25-13-17)5-4-14-2-1-3-19(24)11-14/h1-3,6-13,20-21H,24H2,(H,26,27)/t20-,21-/m1/s1. The number of nitrogens with zero attached hydrogens (tertiary/aromatic N) is 1. The summed E-state index contributed by atoms with van der Waals surface area (Å²) in [6.07, 6.45) is 2.19. The highest BCUT2D eigenvalue weighted by Gasteiger charge is 2.36. The maximum Gasteiger partial charge on any atom is 0.408 e. The fraction of sp³-hybridized carbons (Fsp3) is 0.0909. The largest absolute Gasteiger partial charge is 0.439 e. The van der Waals surface area contributed by atoms with Crippen LogP contribution < -0.4 is 11.1 Å². The molecule has 1 fully saturated rings. The third-order valence-corrected chi connectivity index (χ3v) is 4.36. The molecule has 138 valence electrons. The van der Waals surface area contributed by atoms with E-state index < -0.39 is 18.2 Å². The van der Waals surface area contributed by atoms with Crippen LogP contribution in [0, 0.1) is 17.7 Å². The van der Waals surface area contributed by atoms with Gasteiger partial charge in [-0.1, -0.05) is 30.0 Å². The number of amides is 1. The van der Waals surface area contributed by atoms with Gasteiger partial charge in [0.05, 0.1) is 0 Å². The van der Waals surface area contributed by atoms with Gasteiger partial charge in [0.15, 0.2) is 6.10 Å². The lowest BCUT2D eigenvalue weighted by atomic mass is 9.97. The third kappa shape index (κ3) is 3.79. The van der Waals surface area contributed by atoms with Crippen LogP contribution in [0.2, 0.25) is 0 Å². The number of alkyl carbamates (subject to hydrolysis) is 1. The van der Waals surface area contributed by atoms with Gasteiger partial charge >= 0.3 is 6.09 Å². The molecule has 4 rings (SSSR count). The number of anilines is 1. The lowest BCUT2D eigenvalue weighted by molar-refractivity contribution is 0.132. The van der Waals surface area contributed by atoms with Crippen molar-refractivity contribution in [3.8, 4) is 11.8 Å². The van der Waals surface area contributed by atoms with Gasteiger partial charge in [-0.25, -0.2) is 9.18 Å². The number of hydrogen-bond donors (Lipinski definition) is 2. The fourth-order valence-electron chi connectivity index (χ4n) is 3.05. The topological polar surface area (TPSA) is 77.2 Å². The molecule has 0 bridgehead atoms. The molecular weight excluding hydrogens is 357 g/mol. The molecule has 1 aliphatic rings. The van der Waals surface area contributed by atoms with E-state index in [1.165, 1.54) is 12.1 Å². The van der Waals surface area contributed by atoms with E-state index in [1.807, 2.05) is 18.2 Å². The lowest BCUT2D eigenvalue weighted by Gasteiger charge is -2.17. The van der Waals surface area contributed by atoms with Gasteiger partial charge in [-0.15, -0.1) is 0 Å². The summed E-state index contributed by atoms with van der Waals surface area (Å²) in [4.78, 5) is 16.1. The molecule has 3 N–H and O–H groups in total. The average molecular weight is 373 g/mol. The molecule has 0 unspecified atom stereocenters. The molecule has 1 amide bonds. The SMILES string of the molecule is Nc1cccc(C#Cc2cncc([C@H]3NC(=O)O[C@@H]3c3ccc(F)cc3)c2)c1. The molecule has 0 aliphatic carbocycles. The highest BCUT2D eigenvalue weighted by Crippen LogP contribution is 2.36. The van der Waals surface area contributed by atoms with Crippen LogP contribution in [0.5, 0.6) is 0 Å². The highest BCUT2D eigenvalue weighted by atomic mass is 19.1. The Morgan fingerprint density at radius 1 is 1.00 bits per heavy atom. The van der Waals surface area contributed by atoms with Crippen LogP contribution >= 0.6 is 0 Å². The second-order valence-corrected chi connectivity index (χ2v) is 6.38. The highest BCUT2D eigenvalue weighted by molar-refractivity contribution is 5.71. The minimum Gasteiger partial charge on any atom is -0.439 e. The molecule has 2 atom stereocenters. The number of carbonyl (C=O) groups is 1. The number of pyridine rings is 1. The van der Waals surface area contributed by atoms with Gasteiger partial charge in [0.25, 0.3) is 0 Å². The summed E-state index contributed by atoms with van der Waals surface area (Å²) in [6, 6.07) is 14.6. The van der Waals surface area contributed by atoms with Crippen molar-refractivity contribution >= 4 is 11.8 Å². The quantitative estimate of drug-likeness (QED) is 0.530. The zero-order valence-electron chi connectivity index (χ0n) is 14.7. The first-order chi connectivity index (χ1) is 13.6. The monoisotopic (exact) mass is 373 g/mol. The first kappa shape index (κ1) is 17.6. The molecule has 1 aromatic heterocycles. The molecule has 28 heavy (non-hydrogen) atoms. The van der Waals surface area contributed by atoms with E-state index in [1.54, 1.807) is 36.7 Å². The summed E-state index contributed by atoms with van der Waals surface area (Å²) < 4.78 is 18.6. The number of cyclic esters (lactones) is 1. The number of nitrogens with two attached hydrogens (primary N) is 1. The maximum atomic E-state index is 13.2. The van der Waals surface area contributed by atoms with Crippen molar-refractivity contribution in [2.45, 2.75) is 12.1 Å². The zero-order valence-corrected chi connectivity index (χ0v) is 14.7. The molecule has 3 aromatic rings. The Morgan fingerprint density at radius 2 is 1.79 bits per heavy atom. The molecule has 1 saturated heterocycles. The van der Waals surface area contributed by atoms with E-state index in [4.69, 9.17) is 10.5 Å². The number of carbonyl (C=O) groups excluding carboxylic acids is 1. The smallest absolute Gasteiger partial charge is 0.408 e. The Kier molecular flexibility index (Phi) is 4.65. The van der Waals surface area contributed by atoms with Crippen molar-refractivity contribution in [3.63, 3.8) is 0 Å². The van der Waals surface area contributed by atoms with E-state index >= 15 is 0 Å². The first-order valence-corrected chi connectivity index (χ1v) is 8.63. The molecule has 0 spiro atoms. The molecule has 2 heterocycles. The molecule has 1 aliphatic heterocycles. The van der Waals surface area contributed by atoms with Gasteiger partial charge in [-0.05, 0) is 47.5 Å². The number of hydrogen-bond acceptors (Lipinski definition) is 4. The number of benzene rings is 2. The third-order valence-electron chi connectivity index (χ3n) is 4.36. The number of aromatic nitrogens is 1. The molecule has 2 aromatic carbocycles. The fourth-order valence-corrected chi connectivity index (χ4v) is 3.05. The zero-order chi connectivity index (χ0) is 19.5. The van der Waals surface area contributed by atoms with Crippen LogP contribution in [0.1, 0.15) is 34.4 Å². The Labute approximate surface area is 161 Å². The summed E-state index contributed by atoms with van der Waals surface area (Å²) >= 11 is 0. The minimum atomic E-state index is -0.577. The molecular formula is C22H16FN3O2. The van der Waals surface area contributed by atoms with Crippen LogP contribution in [-0.4, -0.2) is 11.1 Å². The predicted molar refractivity (Wildman–Crippen MR) is 103 cm³/mol. The molecule has 0 radical (unpaired) electrons. The van der Waals surface area contributed by atoms with Crippen LogP contribution in [0.4, 0.5) is 14.9 Å². The minimum absolute atomic E-state index is 0.349. The van der Waals surface area contributed by atoms with Gasteiger partial charge in [0.2, 0.25) is 0 Å². The number of rotatable bonds is 2. The molecule has 5 nitrogen and oxygen atoms in total. The number of ether oxygens (including phenoxy) is 1. The maximum absolute atomic E-state index is 13.2. The second-order valence-electron chi connectivity index (χ2n) is 6.38. The van der Waals surface area contributed by atoms with Crippen LogP contribution in [0.3, 0.4) is 0 Å². The summed E-state index contributed by atoms with van der Waals surface area (Å²) in [7, 11) is 0. The van der Waals surface area contributed by atoms with Crippen molar-refractivity contribution in [2.24, 2.45) is 0 Å². The van der Waals surface area contributed by atoms with Gasteiger partial charge < -0.3 is 15.8 Å². The van der Waals surface area contributed by atoms with E-state index in [2.05, 4.69) is 22.1 Å². The van der Waals surface area contributed by atoms with Crippen LogP contribution in [0.15, 0.2) is 67.0 Å². The van der Waals surface area contributed by atoms with Crippen LogP contribution in [0.25, 0.3) is 0 Å². The van der Waals surface area contributed by atoms with E-state index in [9.17, 15) is 9.18 Å². The molecule has 0 saturated carbocycles. The van der Waals surface area contributed by atoms with Gasteiger partial charge in [0, 0.05) is 29.2 Å². The lowest BCUT2D eigenvalue weighted by Crippen LogP contribution is -2.19. The Hall–Kier alpha value is -3.85. The van der Waals surface area contributed by atoms with Gasteiger partial charge in [0.1, 0.15) is 11.9 Å². The average Bonchev–Trinajstić information content (AvgIpc) is 3.09. The predicted octanol–water partition coefficient (Wildman–Crippen LogP) is 3.72. The Morgan fingerprint density at radius 3 is 2.57 bits per heavy atom. The first-order valence-electron chi connectivity index (χ1n) is 8.63. The number of nitrogens with one attached hydrogen (secondary N) is 1. The van der Waals surface area contributed by atoms with E-state index in [0.29, 0.717) is 16.8 Å². The van der Waals surface area contributed by atoms with Crippen molar-refractivity contribution in [1.29, 1.82) is 0 Å². The van der Waals surface area contributed by atoms with Gasteiger partial charge in [-0.2, -0.15) is 0 Å². The normalized spacial score (nSPS) is 18.0. The summed E-state index contributed by atoms with van der Waals surface area (Å²) in [5, 5.41) is 2.78. The summed E-state index contributed by atoms with van der Waals surface area (Å²) in [6.45, 7) is 0. The van der Waals surface area contributed by atoms with Crippen molar-refractivity contribution in [3.05, 3.63) is 95.1 Å². The van der Waals surface area contributed by atoms with E-state index in [0.717, 1.165) is 11.1 Å². The van der Waals surface area contributed by atoms with Crippen molar-refractivity contribution < 1.29 is 13.9 Å². The van der Waals surface area contributed by atoms with Gasteiger partial charge in [-0.3, -0.25) is 4.98 Å². The molecule has 6 heteroatoms.